The number of H-pyrrole nitrogens is 1. The number of halogens is 1. The molecule has 0 saturated heterocycles. The summed E-state index contributed by atoms with van der Waals surface area (Å²) < 4.78 is 12.4. The monoisotopic (exact) mass is 198 g/mol. The highest BCUT2D eigenvalue weighted by molar-refractivity contribution is 5.74. The van der Waals surface area contributed by atoms with Crippen molar-refractivity contribution in [3.63, 3.8) is 0 Å². The molecule has 0 bridgehead atoms. The number of aromatic nitrogens is 2. The minimum absolute atomic E-state index is 0. The molecular weight excluding hydrogens is 179 g/mol. The highest BCUT2D eigenvalue weighted by Crippen LogP contribution is 2.09. The first-order valence-electron chi connectivity index (χ1n) is 4.95. The summed E-state index contributed by atoms with van der Waals surface area (Å²) in [5.74, 6) is -0.299. The van der Waals surface area contributed by atoms with E-state index in [0.717, 1.165) is 11.0 Å². The van der Waals surface area contributed by atoms with Crippen molar-refractivity contribution in [2.24, 2.45) is 0 Å². The Kier molecular flexibility index (Phi) is 6.37. The summed E-state index contributed by atoms with van der Waals surface area (Å²) in [4.78, 5) is 6.68. The van der Waals surface area contributed by atoms with Gasteiger partial charge in [-0.25, -0.2) is 9.37 Å². The molecule has 0 spiro atoms. The molecule has 0 amide bonds. The van der Waals surface area contributed by atoms with Gasteiger partial charge in [-0.15, -0.1) is 0 Å². The molecule has 0 saturated carbocycles. The van der Waals surface area contributed by atoms with E-state index in [1.165, 1.54) is 12.3 Å². The van der Waals surface area contributed by atoms with Crippen molar-refractivity contribution in [2.75, 3.05) is 0 Å². The molecule has 0 aromatic carbocycles. The van der Waals surface area contributed by atoms with E-state index in [0.29, 0.717) is 0 Å². The Morgan fingerprint density at radius 2 is 1.93 bits per heavy atom. The van der Waals surface area contributed by atoms with Gasteiger partial charge in [0.2, 0.25) is 0 Å². The Balaban J connectivity index is 0. The fraction of sp³-hybridized carbons (Fsp3) is 0.364. The lowest BCUT2D eigenvalue weighted by atomic mass is 10.3. The summed E-state index contributed by atoms with van der Waals surface area (Å²) >= 11 is 0. The summed E-state index contributed by atoms with van der Waals surface area (Å²) in [5.41, 5.74) is 0.724. The maximum absolute atomic E-state index is 12.4. The zero-order valence-electron chi connectivity index (χ0n) is 9.13. The molecule has 0 fully saturated rings. The van der Waals surface area contributed by atoms with Gasteiger partial charge in [-0.2, -0.15) is 0 Å². The number of pyridine rings is 1. The van der Waals surface area contributed by atoms with Gasteiger partial charge in [0.1, 0.15) is 11.5 Å². The quantitative estimate of drug-likeness (QED) is 0.681. The molecule has 0 aliphatic heterocycles. The van der Waals surface area contributed by atoms with E-state index >= 15 is 0 Å². The van der Waals surface area contributed by atoms with Crippen LogP contribution in [-0.2, 0) is 0 Å². The van der Waals surface area contributed by atoms with E-state index in [1.807, 2.05) is 27.7 Å². The first-order chi connectivity index (χ1) is 6.86. The standard InChI is InChI=1S/C7H5FN2.2C2H6.H2/c8-6-3-5-1-2-9-7(5)10-4-6;2*1-2;/h1-4H,(H,9,10);2*1-2H3;1H. The first kappa shape index (κ1) is 12.6. The van der Waals surface area contributed by atoms with Crippen LogP contribution in [0.1, 0.15) is 29.1 Å². The summed E-state index contributed by atoms with van der Waals surface area (Å²) in [6.45, 7) is 8.00. The van der Waals surface area contributed by atoms with Gasteiger partial charge in [-0.1, -0.05) is 27.7 Å². The van der Waals surface area contributed by atoms with Gasteiger partial charge in [0.15, 0.2) is 0 Å². The Morgan fingerprint density at radius 1 is 1.29 bits per heavy atom. The number of fused-ring (bicyclic) bond motifs is 1. The van der Waals surface area contributed by atoms with Gasteiger partial charge in [0, 0.05) is 13.0 Å². The molecule has 3 heteroatoms. The number of rotatable bonds is 0. The van der Waals surface area contributed by atoms with Gasteiger partial charge in [-0.05, 0) is 12.1 Å². The van der Waals surface area contributed by atoms with Crippen LogP contribution in [0.3, 0.4) is 0 Å². The zero-order chi connectivity index (χ0) is 11.0. The largest absolute Gasteiger partial charge is 0.346 e. The van der Waals surface area contributed by atoms with Crippen LogP contribution in [0.5, 0.6) is 0 Å². The number of nitrogens with zero attached hydrogens (tertiary/aromatic N) is 1. The molecule has 80 valence electrons. The van der Waals surface area contributed by atoms with Crippen LogP contribution in [0.25, 0.3) is 11.0 Å². The Hall–Kier alpha value is -1.38. The summed E-state index contributed by atoms with van der Waals surface area (Å²) in [5, 5.41) is 0.806. The van der Waals surface area contributed by atoms with Crippen LogP contribution in [-0.4, -0.2) is 9.97 Å². The molecule has 2 heterocycles. The third-order valence-electron chi connectivity index (χ3n) is 1.37. The van der Waals surface area contributed by atoms with Gasteiger partial charge in [0.25, 0.3) is 0 Å². The van der Waals surface area contributed by atoms with E-state index in [1.54, 1.807) is 12.3 Å². The molecule has 0 unspecified atom stereocenters. The fourth-order valence-electron chi connectivity index (χ4n) is 0.913. The summed E-state index contributed by atoms with van der Waals surface area (Å²) in [6.07, 6.45) is 2.93. The smallest absolute Gasteiger partial charge is 0.142 e. The second kappa shape index (κ2) is 7.06. The molecule has 14 heavy (non-hydrogen) atoms. The van der Waals surface area contributed by atoms with Gasteiger partial charge < -0.3 is 4.98 Å². The number of nitrogens with one attached hydrogen (secondary N) is 1. The second-order valence-electron chi connectivity index (χ2n) is 2.07. The van der Waals surface area contributed by atoms with E-state index in [4.69, 9.17) is 0 Å². The molecule has 2 aromatic heterocycles. The molecule has 2 rings (SSSR count). The molecule has 0 atom stereocenters. The van der Waals surface area contributed by atoms with Gasteiger partial charge in [-0.3, -0.25) is 0 Å². The summed E-state index contributed by atoms with van der Waals surface area (Å²) in [7, 11) is 0. The molecule has 1 N–H and O–H groups in total. The first-order valence-corrected chi connectivity index (χ1v) is 4.95. The number of hydrogen-bond acceptors (Lipinski definition) is 1. The van der Waals surface area contributed by atoms with Crippen LogP contribution in [0.4, 0.5) is 4.39 Å². The second-order valence-corrected chi connectivity index (χ2v) is 2.07. The fourth-order valence-corrected chi connectivity index (χ4v) is 0.913. The zero-order valence-corrected chi connectivity index (χ0v) is 9.13. The van der Waals surface area contributed by atoms with Crippen molar-refractivity contribution in [1.82, 2.24) is 9.97 Å². The van der Waals surface area contributed by atoms with Crippen LogP contribution >= 0.6 is 0 Å². The molecule has 0 aliphatic rings. The van der Waals surface area contributed by atoms with E-state index < -0.39 is 0 Å². The molecule has 0 aliphatic carbocycles. The third-order valence-corrected chi connectivity index (χ3v) is 1.37. The average molecular weight is 198 g/mol. The maximum atomic E-state index is 12.4. The lowest BCUT2D eigenvalue weighted by Crippen LogP contribution is -1.77. The molecular formula is C11H19FN2. The van der Waals surface area contributed by atoms with Crippen molar-refractivity contribution >= 4 is 11.0 Å². The van der Waals surface area contributed by atoms with Crippen molar-refractivity contribution < 1.29 is 5.82 Å². The van der Waals surface area contributed by atoms with Crippen LogP contribution in [0.2, 0.25) is 0 Å². The Bertz CT molecular complexity index is 360. The number of aromatic amines is 1. The van der Waals surface area contributed by atoms with E-state index in [-0.39, 0.29) is 7.24 Å². The highest BCUT2D eigenvalue weighted by atomic mass is 19.1. The Labute approximate surface area is 85.7 Å². The minimum atomic E-state index is -0.299. The normalized spacial score (nSPS) is 8.36. The number of hydrogen-bond donors (Lipinski definition) is 1. The lowest BCUT2D eigenvalue weighted by Gasteiger charge is -1.86. The van der Waals surface area contributed by atoms with Crippen LogP contribution in [0.15, 0.2) is 24.5 Å². The average Bonchev–Trinajstić information content (AvgIpc) is 2.71. The predicted molar refractivity (Wildman–Crippen MR) is 60.9 cm³/mol. The van der Waals surface area contributed by atoms with Crippen molar-refractivity contribution in [1.29, 1.82) is 0 Å². The van der Waals surface area contributed by atoms with Crippen molar-refractivity contribution in [2.45, 2.75) is 27.7 Å². The minimum Gasteiger partial charge on any atom is -0.346 e. The van der Waals surface area contributed by atoms with Crippen LogP contribution in [0, 0.1) is 5.82 Å². The van der Waals surface area contributed by atoms with E-state index in [9.17, 15) is 4.39 Å². The van der Waals surface area contributed by atoms with E-state index in [2.05, 4.69) is 9.97 Å². The van der Waals surface area contributed by atoms with Crippen LogP contribution < -0.4 is 0 Å². The Morgan fingerprint density at radius 3 is 2.57 bits per heavy atom. The van der Waals surface area contributed by atoms with Crippen molar-refractivity contribution in [3.8, 4) is 0 Å². The van der Waals surface area contributed by atoms with Crippen molar-refractivity contribution in [3.05, 3.63) is 30.3 Å². The molecule has 2 nitrogen and oxygen atoms in total. The molecule has 0 radical (unpaired) electrons. The molecule has 2 aromatic rings. The van der Waals surface area contributed by atoms with Gasteiger partial charge >= 0.3 is 0 Å². The summed E-state index contributed by atoms with van der Waals surface area (Å²) in [6, 6.07) is 3.23. The maximum Gasteiger partial charge on any atom is 0.142 e. The highest BCUT2D eigenvalue weighted by Gasteiger charge is 1.95. The predicted octanol–water partition coefficient (Wildman–Crippen LogP) is 4.00. The third kappa shape index (κ3) is 3.17. The van der Waals surface area contributed by atoms with Gasteiger partial charge in [0.05, 0.1) is 6.20 Å². The SMILES string of the molecule is CC.CC.Fc1cnc2[nH]ccc2c1.[HH]. The topological polar surface area (TPSA) is 28.7 Å². The lowest BCUT2D eigenvalue weighted by molar-refractivity contribution is 0.624.